The normalized spacial score (nSPS) is 14.4. The predicted octanol–water partition coefficient (Wildman–Crippen LogP) is 5.30. The van der Waals surface area contributed by atoms with Crippen molar-refractivity contribution < 1.29 is 18.9 Å². The van der Waals surface area contributed by atoms with Crippen LogP contribution in [0.3, 0.4) is 0 Å². The highest BCUT2D eigenvalue weighted by Crippen LogP contribution is 2.39. The number of nitrogens with one attached hydrogen (secondary N) is 1. The van der Waals surface area contributed by atoms with Crippen LogP contribution in [0.15, 0.2) is 48.7 Å². The highest BCUT2D eigenvalue weighted by Gasteiger charge is 2.25. The molecule has 7 heteroatoms. The number of fused-ring (bicyclic) bond motifs is 3. The first kappa shape index (κ1) is 23.8. The minimum Gasteiger partial charge on any atom is -0.493 e. The van der Waals surface area contributed by atoms with Crippen LogP contribution in [-0.2, 0) is 6.54 Å². The molecule has 0 saturated carbocycles. The molecule has 2 heterocycles. The Hall–Kier alpha value is -2.83. The summed E-state index contributed by atoms with van der Waals surface area (Å²) in [6, 6.07) is 14.5. The van der Waals surface area contributed by atoms with E-state index in [0.29, 0.717) is 26.4 Å². The van der Waals surface area contributed by atoms with E-state index in [9.17, 15) is 0 Å². The zero-order chi connectivity index (χ0) is 21.8. The standard InChI is InChI=1S/C25H30N2O4.ClH/c1-5-29-22-13-17(10-11-21(22)28-4)25-19-9-8-12-27(19)20-15-24(31-7-3)23(30-6-2)14-18(20)16-26-25;/h8-15,25-26H,5-7,16H2,1-4H3;1H. The Bertz CT molecular complexity index is 1050. The molecule has 1 aromatic heterocycles. The van der Waals surface area contributed by atoms with Crippen molar-refractivity contribution in [1.82, 2.24) is 9.88 Å². The van der Waals surface area contributed by atoms with Gasteiger partial charge in [-0.3, -0.25) is 0 Å². The minimum absolute atomic E-state index is 0. The van der Waals surface area contributed by atoms with Gasteiger partial charge in [-0.15, -0.1) is 12.4 Å². The number of aromatic nitrogens is 1. The third kappa shape index (κ3) is 4.52. The van der Waals surface area contributed by atoms with Crippen molar-refractivity contribution >= 4 is 12.4 Å². The molecule has 1 N–H and O–H groups in total. The van der Waals surface area contributed by atoms with Crippen molar-refractivity contribution in [3.63, 3.8) is 0 Å². The molecular formula is C25H31ClN2O4. The number of hydrogen-bond donors (Lipinski definition) is 1. The van der Waals surface area contributed by atoms with Gasteiger partial charge in [0.25, 0.3) is 0 Å². The maximum atomic E-state index is 5.88. The van der Waals surface area contributed by atoms with Crippen LogP contribution in [0, 0.1) is 0 Å². The molecule has 6 nitrogen and oxygen atoms in total. The van der Waals surface area contributed by atoms with Crippen LogP contribution in [0.25, 0.3) is 5.69 Å². The predicted molar refractivity (Wildman–Crippen MR) is 128 cm³/mol. The molecule has 3 aromatic rings. The molecule has 1 aliphatic heterocycles. The Morgan fingerprint density at radius 2 is 1.53 bits per heavy atom. The Morgan fingerprint density at radius 1 is 0.875 bits per heavy atom. The van der Waals surface area contributed by atoms with Gasteiger partial charge >= 0.3 is 0 Å². The van der Waals surface area contributed by atoms with Crippen LogP contribution < -0.4 is 24.3 Å². The van der Waals surface area contributed by atoms with E-state index in [4.69, 9.17) is 18.9 Å². The molecule has 0 saturated heterocycles. The van der Waals surface area contributed by atoms with Crippen LogP contribution in [-0.4, -0.2) is 31.5 Å². The van der Waals surface area contributed by atoms with E-state index in [-0.39, 0.29) is 18.4 Å². The van der Waals surface area contributed by atoms with Gasteiger partial charge in [-0.25, -0.2) is 0 Å². The number of methoxy groups -OCH3 is 1. The summed E-state index contributed by atoms with van der Waals surface area (Å²) < 4.78 is 25.2. The summed E-state index contributed by atoms with van der Waals surface area (Å²) >= 11 is 0. The summed E-state index contributed by atoms with van der Waals surface area (Å²) in [4.78, 5) is 0. The lowest BCUT2D eigenvalue weighted by molar-refractivity contribution is 0.287. The summed E-state index contributed by atoms with van der Waals surface area (Å²) in [5, 5.41) is 3.71. The van der Waals surface area contributed by atoms with Crippen LogP contribution in [0.5, 0.6) is 23.0 Å². The molecule has 32 heavy (non-hydrogen) atoms. The first-order chi connectivity index (χ1) is 15.2. The molecule has 0 radical (unpaired) electrons. The lowest BCUT2D eigenvalue weighted by atomic mass is 10.0. The fourth-order valence-corrected chi connectivity index (χ4v) is 4.09. The molecule has 4 rings (SSSR count). The lowest BCUT2D eigenvalue weighted by Gasteiger charge is -2.20. The number of rotatable bonds is 8. The average Bonchev–Trinajstić information content (AvgIpc) is 3.20. The fourth-order valence-electron chi connectivity index (χ4n) is 4.09. The summed E-state index contributed by atoms with van der Waals surface area (Å²) in [6.45, 7) is 8.41. The van der Waals surface area contributed by atoms with Crippen molar-refractivity contribution in [2.24, 2.45) is 0 Å². The summed E-state index contributed by atoms with van der Waals surface area (Å²) in [6.07, 6.45) is 2.09. The third-order valence-corrected chi connectivity index (χ3v) is 5.40. The minimum atomic E-state index is -0.00130. The molecular weight excluding hydrogens is 428 g/mol. The smallest absolute Gasteiger partial charge is 0.163 e. The largest absolute Gasteiger partial charge is 0.493 e. The third-order valence-electron chi connectivity index (χ3n) is 5.40. The second kappa shape index (κ2) is 10.7. The SMILES string of the molecule is CCOc1cc(C2NCc3cc(OCC)c(OCC)cc3-n3cccc32)ccc1OC.Cl. The van der Waals surface area contributed by atoms with Crippen molar-refractivity contribution in [2.45, 2.75) is 33.4 Å². The van der Waals surface area contributed by atoms with Gasteiger partial charge in [0.1, 0.15) is 0 Å². The molecule has 172 valence electrons. The van der Waals surface area contributed by atoms with E-state index in [0.717, 1.165) is 45.5 Å². The van der Waals surface area contributed by atoms with Gasteiger partial charge in [-0.1, -0.05) is 6.07 Å². The summed E-state index contributed by atoms with van der Waals surface area (Å²) in [5.41, 5.74) is 4.52. The average molecular weight is 459 g/mol. The number of hydrogen-bond acceptors (Lipinski definition) is 5. The number of ether oxygens (including phenoxy) is 4. The molecule has 0 aliphatic carbocycles. The molecule has 1 unspecified atom stereocenters. The van der Waals surface area contributed by atoms with E-state index in [1.165, 1.54) is 0 Å². The van der Waals surface area contributed by atoms with E-state index < -0.39 is 0 Å². The molecule has 0 amide bonds. The molecule has 0 bridgehead atoms. The monoisotopic (exact) mass is 458 g/mol. The van der Waals surface area contributed by atoms with Gasteiger partial charge < -0.3 is 28.8 Å². The number of benzene rings is 2. The summed E-state index contributed by atoms with van der Waals surface area (Å²) in [7, 11) is 1.66. The maximum Gasteiger partial charge on any atom is 0.163 e. The molecule has 2 aromatic carbocycles. The van der Waals surface area contributed by atoms with Crippen LogP contribution in [0.1, 0.15) is 43.6 Å². The van der Waals surface area contributed by atoms with E-state index in [2.05, 4.69) is 52.5 Å². The van der Waals surface area contributed by atoms with Crippen molar-refractivity contribution in [3.05, 3.63) is 65.5 Å². The number of halogens is 1. The highest BCUT2D eigenvalue weighted by molar-refractivity contribution is 5.85. The maximum absolute atomic E-state index is 5.88. The summed E-state index contributed by atoms with van der Waals surface area (Å²) in [5.74, 6) is 3.03. The molecule has 0 fully saturated rings. The fraction of sp³-hybridized carbons (Fsp3) is 0.360. The van der Waals surface area contributed by atoms with Gasteiger partial charge in [-0.05, 0) is 62.2 Å². The Morgan fingerprint density at radius 3 is 2.19 bits per heavy atom. The van der Waals surface area contributed by atoms with Crippen LogP contribution in [0.2, 0.25) is 0 Å². The second-order valence-electron chi connectivity index (χ2n) is 7.25. The van der Waals surface area contributed by atoms with Crippen LogP contribution in [0.4, 0.5) is 0 Å². The first-order valence-electron chi connectivity index (χ1n) is 10.8. The van der Waals surface area contributed by atoms with Gasteiger partial charge in [0.2, 0.25) is 0 Å². The van der Waals surface area contributed by atoms with Gasteiger partial charge in [-0.2, -0.15) is 0 Å². The van der Waals surface area contributed by atoms with Gasteiger partial charge in [0.15, 0.2) is 23.0 Å². The Kier molecular flexibility index (Phi) is 7.94. The number of nitrogens with zero attached hydrogens (tertiary/aromatic N) is 1. The quantitative estimate of drug-likeness (QED) is 0.496. The zero-order valence-electron chi connectivity index (χ0n) is 19.0. The Labute approximate surface area is 195 Å². The topological polar surface area (TPSA) is 53.9 Å². The lowest BCUT2D eigenvalue weighted by Crippen LogP contribution is -2.21. The molecule has 0 spiro atoms. The first-order valence-corrected chi connectivity index (χ1v) is 10.8. The van der Waals surface area contributed by atoms with Crippen molar-refractivity contribution in [1.29, 1.82) is 0 Å². The zero-order valence-corrected chi connectivity index (χ0v) is 19.8. The highest BCUT2D eigenvalue weighted by atomic mass is 35.5. The van der Waals surface area contributed by atoms with Gasteiger partial charge in [0.05, 0.1) is 38.7 Å². The van der Waals surface area contributed by atoms with Crippen molar-refractivity contribution in [3.8, 4) is 28.7 Å². The molecule has 1 aliphatic rings. The van der Waals surface area contributed by atoms with E-state index in [1.807, 2.05) is 26.8 Å². The van der Waals surface area contributed by atoms with E-state index in [1.54, 1.807) is 7.11 Å². The van der Waals surface area contributed by atoms with Gasteiger partial charge in [0, 0.05) is 24.5 Å². The van der Waals surface area contributed by atoms with Crippen LogP contribution >= 0.6 is 12.4 Å². The Balaban J connectivity index is 0.00000289. The van der Waals surface area contributed by atoms with E-state index >= 15 is 0 Å². The van der Waals surface area contributed by atoms with Crippen molar-refractivity contribution in [2.75, 3.05) is 26.9 Å². The molecule has 1 atom stereocenters. The second-order valence-corrected chi connectivity index (χ2v) is 7.25.